The van der Waals surface area contributed by atoms with Crippen LogP contribution in [0.3, 0.4) is 0 Å². The van der Waals surface area contributed by atoms with Crippen molar-refractivity contribution in [1.29, 1.82) is 0 Å². The van der Waals surface area contributed by atoms with Crippen molar-refractivity contribution in [1.82, 2.24) is 4.31 Å². The molecule has 5 aromatic rings. The fourth-order valence-electron chi connectivity index (χ4n) is 4.26. The number of fused-ring (bicyclic) bond motifs is 2. The summed E-state index contributed by atoms with van der Waals surface area (Å²) in [6.45, 7) is 6.24. The molecule has 1 saturated heterocycles. The minimum atomic E-state index is -3.40. The highest BCUT2D eigenvalue weighted by atomic mass is 32.2. The largest absolute Gasteiger partial charge is 0.243 e. The van der Waals surface area contributed by atoms with E-state index in [9.17, 15) is 8.42 Å². The molecule has 0 spiro atoms. The smallest absolute Gasteiger partial charge is 0.207 e. The number of hydrogen-bond donors (Lipinski definition) is 0. The number of hydrogen-bond acceptors (Lipinski definition) is 2. The van der Waals surface area contributed by atoms with E-state index in [0.717, 1.165) is 16.5 Å². The Morgan fingerprint density at radius 2 is 1.31 bits per heavy atom. The number of benzene rings is 5. The summed E-state index contributed by atoms with van der Waals surface area (Å²) < 4.78 is 26.9. The first-order chi connectivity index (χ1) is 17.0. The van der Waals surface area contributed by atoms with Crippen molar-refractivity contribution < 1.29 is 8.42 Å². The third kappa shape index (κ3) is 4.90. The Morgan fingerprint density at radius 1 is 0.743 bits per heavy atom. The molecular weight excluding hydrogens is 450 g/mol. The first kappa shape index (κ1) is 23.0. The molecule has 0 radical (unpaired) electrons. The lowest BCUT2D eigenvalue weighted by atomic mass is 10.1. The Bertz CT molecular complexity index is 1620. The van der Waals surface area contributed by atoms with E-state index in [-0.39, 0.29) is 6.04 Å². The molecular formula is C31H27NO2S. The molecule has 0 aromatic heterocycles. The molecule has 1 heterocycles. The Kier molecular flexibility index (Phi) is 6.25. The van der Waals surface area contributed by atoms with E-state index in [1.54, 1.807) is 16.4 Å². The van der Waals surface area contributed by atoms with Crippen LogP contribution in [-0.2, 0) is 10.0 Å². The monoisotopic (exact) mass is 477 g/mol. The maximum Gasteiger partial charge on any atom is 0.243 e. The van der Waals surface area contributed by atoms with Gasteiger partial charge in [-0.15, -0.1) is 0 Å². The van der Waals surface area contributed by atoms with Crippen molar-refractivity contribution in [2.75, 3.05) is 6.54 Å². The molecule has 0 bridgehead atoms. The molecule has 5 aromatic carbocycles. The van der Waals surface area contributed by atoms with E-state index < -0.39 is 10.0 Å². The van der Waals surface area contributed by atoms with Crippen LogP contribution in [0, 0.1) is 6.92 Å². The quantitative estimate of drug-likeness (QED) is 0.253. The molecule has 3 nitrogen and oxygen atoms in total. The predicted octanol–water partition coefficient (Wildman–Crippen LogP) is 7.38. The Morgan fingerprint density at radius 3 is 1.94 bits per heavy atom. The highest BCUT2D eigenvalue weighted by Crippen LogP contribution is 2.41. The van der Waals surface area contributed by atoms with Crippen molar-refractivity contribution in [3.8, 4) is 0 Å². The van der Waals surface area contributed by atoms with Crippen molar-refractivity contribution in [3.05, 3.63) is 132 Å². The first-order valence-electron chi connectivity index (χ1n) is 11.6. The van der Waals surface area contributed by atoms with E-state index in [1.165, 1.54) is 21.7 Å². The lowest BCUT2D eigenvalue weighted by molar-refractivity contribution is 0.554. The van der Waals surface area contributed by atoms with Crippen molar-refractivity contribution in [3.63, 3.8) is 0 Å². The van der Waals surface area contributed by atoms with Gasteiger partial charge in [0.25, 0.3) is 0 Å². The van der Waals surface area contributed by atoms with Gasteiger partial charge < -0.3 is 0 Å². The van der Waals surface area contributed by atoms with Crippen LogP contribution < -0.4 is 0 Å². The van der Waals surface area contributed by atoms with Crippen LogP contribution >= 0.6 is 0 Å². The number of rotatable bonds is 4. The summed E-state index contributed by atoms with van der Waals surface area (Å²) in [6.07, 6.45) is 1.87. The maximum atomic E-state index is 12.7. The van der Waals surface area contributed by atoms with Crippen LogP contribution in [0.4, 0.5) is 0 Å². The van der Waals surface area contributed by atoms with Gasteiger partial charge in [-0.25, -0.2) is 8.42 Å². The van der Waals surface area contributed by atoms with E-state index in [1.807, 2.05) is 43.3 Å². The molecule has 2 unspecified atom stereocenters. The number of nitrogens with zero attached hydrogens (tertiary/aromatic N) is 1. The zero-order valence-electron chi connectivity index (χ0n) is 19.6. The predicted molar refractivity (Wildman–Crippen MR) is 146 cm³/mol. The molecule has 1 fully saturated rings. The molecule has 1 aliphatic heterocycles. The van der Waals surface area contributed by atoms with Crippen LogP contribution in [-0.4, -0.2) is 19.3 Å². The molecule has 35 heavy (non-hydrogen) atoms. The third-order valence-corrected chi connectivity index (χ3v) is 8.25. The van der Waals surface area contributed by atoms with E-state index in [4.69, 9.17) is 0 Å². The van der Waals surface area contributed by atoms with Gasteiger partial charge in [-0.3, -0.25) is 0 Å². The van der Waals surface area contributed by atoms with E-state index in [2.05, 4.69) is 73.3 Å². The highest BCUT2D eigenvalue weighted by Gasteiger charge is 2.45. The zero-order valence-corrected chi connectivity index (χ0v) is 20.4. The zero-order chi connectivity index (χ0) is 24.4. The number of aryl methyl sites for hydroxylation is 1. The second-order valence-electron chi connectivity index (χ2n) is 8.82. The lowest BCUT2D eigenvalue weighted by Gasteiger charge is -2.07. The average molecular weight is 478 g/mol. The van der Waals surface area contributed by atoms with Gasteiger partial charge in [0.1, 0.15) is 0 Å². The summed E-state index contributed by atoms with van der Waals surface area (Å²) in [5.74, 6) is 0. The van der Waals surface area contributed by atoms with E-state index in [0.29, 0.717) is 11.4 Å². The van der Waals surface area contributed by atoms with Crippen LogP contribution in [0.5, 0.6) is 0 Å². The summed E-state index contributed by atoms with van der Waals surface area (Å²) in [7, 11) is -3.40. The van der Waals surface area contributed by atoms with Gasteiger partial charge in [0.15, 0.2) is 0 Å². The third-order valence-electron chi connectivity index (χ3n) is 6.36. The van der Waals surface area contributed by atoms with Crippen molar-refractivity contribution in [2.45, 2.75) is 17.9 Å². The minimum absolute atomic E-state index is 0.0501. The van der Waals surface area contributed by atoms with Gasteiger partial charge in [-0.1, -0.05) is 103 Å². The van der Waals surface area contributed by atoms with Crippen molar-refractivity contribution >= 4 is 37.6 Å². The van der Waals surface area contributed by atoms with E-state index >= 15 is 0 Å². The molecule has 6 rings (SSSR count). The summed E-state index contributed by atoms with van der Waals surface area (Å²) in [5.41, 5.74) is 3.29. The van der Waals surface area contributed by atoms with Gasteiger partial charge >= 0.3 is 0 Å². The van der Waals surface area contributed by atoms with Crippen LogP contribution in [0.25, 0.3) is 27.6 Å². The van der Waals surface area contributed by atoms with Gasteiger partial charge in [-0.2, -0.15) is 4.31 Å². The van der Waals surface area contributed by atoms with Crippen molar-refractivity contribution in [2.24, 2.45) is 0 Å². The molecule has 0 aliphatic carbocycles. The molecule has 0 amide bonds. The molecule has 4 heteroatoms. The second kappa shape index (κ2) is 9.49. The topological polar surface area (TPSA) is 37.1 Å². The van der Waals surface area contributed by atoms with Crippen LogP contribution in [0.2, 0.25) is 0 Å². The summed E-state index contributed by atoms with van der Waals surface area (Å²) in [6, 6.07) is 35.9. The fraction of sp³-hybridized carbons (Fsp3) is 0.0968. The normalized spacial score (nSPS) is 16.9. The van der Waals surface area contributed by atoms with Gasteiger partial charge in [-0.05, 0) is 63.9 Å². The molecule has 0 N–H and O–H groups in total. The fourth-order valence-corrected chi connectivity index (χ4v) is 5.80. The average Bonchev–Trinajstić information content (AvgIpc) is 3.71. The van der Waals surface area contributed by atoms with Gasteiger partial charge in [0.05, 0.1) is 10.9 Å². The molecule has 174 valence electrons. The Balaban J connectivity index is 0.000000178. The highest BCUT2D eigenvalue weighted by molar-refractivity contribution is 7.89. The molecule has 1 aliphatic rings. The summed E-state index contributed by atoms with van der Waals surface area (Å²) in [4.78, 5) is 0.367. The summed E-state index contributed by atoms with van der Waals surface area (Å²) in [5, 5.41) is 4.87. The van der Waals surface area contributed by atoms with Crippen LogP contribution in [0.15, 0.2) is 121 Å². The SMILES string of the molecule is C=Cc1ccc2ccccc2c1.Cc1ccc(S(=O)(=O)N2CC2c2ccc3ccccc3c2)cc1. The first-order valence-corrected chi connectivity index (χ1v) is 13.1. The van der Waals surface area contributed by atoms with Crippen LogP contribution in [0.1, 0.15) is 22.7 Å². The molecule has 2 atom stereocenters. The van der Waals surface area contributed by atoms with Gasteiger partial charge in [0.2, 0.25) is 10.0 Å². The maximum absolute atomic E-state index is 12.7. The standard InChI is InChI=1S/C19H17NO2S.C12H10/c1-14-6-10-18(11-7-14)23(21,22)20-13-19(20)17-9-8-15-4-2-3-5-16(15)12-17;1-2-10-7-8-11-5-3-4-6-12(11)9-10/h2-12,19H,13H2,1H3;2-9H,1H2. The Hall–Kier alpha value is -3.73. The second-order valence-corrected chi connectivity index (χ2v) is 10.7. The summed E-state index contributed by atoms with van der Waals surface area (Å²) >= 11 is 0. The molecule has 0 saturated carbocycles. The number of sulfonamides is 1. The van der Waals surface area contributed by atoms with Gasteiger partial charge in [0, 0.05) is 6.54 Å². The Labute approximate surface area is 207 Å². The lowest BCUT2D eigenvalue weighted by Crippen LogP contribution is -2.12. The minimum Gasteiger partial charge on any atom is -0.207 e.